The predicted molar refractivity (Wildman–Crippen MR) is 166 cm³/mol. The molecular weight excluding hydrogens is 558 g/mol. The van der Waals surface area contributed by atoms with E-state index in [4.69, 9.17) is 11.6 Å². The van der Waals surface area contributed by atoms with Crippen molar-refractivity contribution in [1.29, 1.82) is 0 Å². The van der Waals surface area contributed by atoms with Crippen LogP contribution in [0.5, 0.6) is 0 Å². The van der Waals surface area contributed by atoms with Crippen LogP contribution in [0.3, 0.4) is 0 Å². The number of halogens is 1. The van der Waals surface area contributed by atoms with Gasteiger partial charge in [-0.25, -0.2) is 8.42 Å². The first-order chi connectivity index (χ1) is 19.4. The minimum atomic E-state index is -4.16. The molecule has 0 aromatic heterocycles. The molecule has 0 saturated carbocycles. The summed E-state index contributed by atoms with van der Waals surface area (Å²) in [6.45, 7) is 11.2. The van der Waals surface area contributed by atoms with Gasteiger partial charge in [0, 0.05) is 17.6 Å². The van der Waals surface area contributed by atoms with Crippen molar-refractivity contribution in [2.24, 2.45) is 0 Å². The lowest BCUT2D eigenvalue weighted by Crippen LogP contribution is -2.53. The molecule has 3 aromatic rings. The maximum atomic E-state index is 14.2. The number of anilines is 1. The van der Waals surface area contributed by atoms with Crippen LogP contribution in [-0.2, 0) is 26.2 Å². The minimum absolute atomic E-state index is 0.0136. The molecule has 3 aromatic carbocycles. The Bertz CT molecular complexity index is 1470. The molecule has 0 unspecified atom stereocenters. The molecule has 2 atom stereocenters. The van der Waals surface area contributed by atoms with Crippen LogP contribution in [0.2, 0.25) is 5.02 Å². The Morgan fingerprint density at radius 1 is 0.902 bits per heavy atom. The Morgan fingerprint density at radius 2 is 1.59 bits per heavy atom. The van der Waals surface area contributed by atoms with Gasteiger partial charge in [0.1, 0.15) is 12.6 Å². The average molecular weight is 598 g/mol. The summed E-state index contributed by atoms with van der Waals surface area (Å²) in [5.41, 5.74) is 4.13. The molecule has 9 heteroatoms. The number of sulfonamides is 1. The third-order valence-corrected chi connectivity index (χ3v) is 9.32. The fourth-order valence-corrected chi connectivity index (χ4v) is 6.04. The van der Waals surface area contributed by atoms with E-state index in [2.05, 4.69) is 5.32 Å². The summed E-state index contributed by atoms with van der Waals surface area (Å²) in [4.78, 5) is 29.1. The number of nitrogens with zero attached hydrogens (tertiary/aromatic N) is 2. The van der Waals surface area contributed by atoms with Crippen molar-refractivity contribution >= 4 is 39.1 Å². The van der Waals surface area contributed by atoms with Crippen LogP contribution in [0.1, 0.15) is 55.9 Å². The number of nitrogens with one attached hydrogen (secondary N) is 1. The van der Waals surface area contributed by atoms with Gasteiger partial charge in [0.05, 0.1) is 10.6 Å². The first kappa shape index (κ1) is 32.2. The lowest BCUT2D eigenvalue weighted by atomic mass is 10.1. The summed E-state index contributed by atoms with van der Waals surface area (Å²) in [6, 6.07) is 18.0. The van der Waals surface area contributed by atoms with E-state index >= 15 is 0 Å². The van der Waals surface area contributed by atoms with E-state index in [1.54, 1.807) is 12.1 Å². The third-order valence-electron chi connectivity index (χ3n) is 7.28. The summed E-state index contributed by atoms with van der Waals surface area (Å²) in [5, 5.41) is 3.40. The molecule has 7 nitrogen and oxygen atoms in total. The van der Waals surface area contributed by atoms with Crippen LogP contribution in [0.4, 0.5) is 5.69 Å². The Morgan fingerprint density at radius 3 is 2.17 bits per heavy atom. The average Bonchev–Trinajstić information content (AvgIpc) is 2.93. The summed E-state index contributed by atoms with van der Waals surface area (Å²) in [5.74, 6) is -0.741. The molecule has 0 aliphatic carbocycles. The monoisotopic (exact) mass is 597 g/mol. The largest absolute Gasteiger partial charge is 0.352 e. The van der Waals surface area contributed by atoms with E-state index in [0.717, 1.165) is 33.0 Å². The van der Waals surface area contributed by atoms with Crippen molar-refractivity contribution in [3.8, 4) is 0 Å². The number of hydrogen-bond acceptors (Lipinski definition) is 4. The van der Waals surface area contributed by atoms with E-state index in [9.17, 15) is 18.0 Å². The number of rotatable bonds is 12. The molecule has 1 N–H and O–H groups in total. The van der Waals surface area contributed by atoms with Crippen molar-refractivity contribution in [2.75, 3.05) is 10.8 Å². The van der Waals surface area contributed by atoms with Crippen molar-refractivity contribution in [3.05, 3.63) is 94.0 Å². The highest BCUT2D eigenvalue weighted by atomic mass is 35.5. The normalized spacial score (nSPS) is 12.9. The standard InChI is InChI=1S/C32H40ClN3O4S/c1-7-25(6)34-32(38)30(8-2)35(20-26-11-9-10-22(3)18-26)31(37)21-36(28-15-12-23(4)24(5)19-28)41(39,40)29-16-13-27(33)14-17-29/h9-19,25,30H,7-8,20-21H2,1-6H3,(H,34,38)/t25-,30+/m0/s1. The molecule has 0 fully saturated rings. The van der Waals surface area contributed by atoms with Gasteiger partial charge in [-0.15, -0.1) is 0 Å². The Kier molecular flexibility index (Phi) is 11.0. The van der Waals surface area contributed by atoms with Crippen molar-refractivity contribution in [2.45, 2.75) is 77.9 Å². The lowest BCUT2D eigenvalue weighted by Gasteiger charge is -2.34. The van der Waals surface area contributed by atoms with E-state index < -0.39 is 28.5 Å². The highest BCUT2D eigenvalue weighted by Crippen LogP contribution is 2.27. The second-order valence-electron chi connectivity index (χ2n) is 10.5. The van der Waals surface area contributed by atoms with Gasteiger partial charge in [-0.2, -0.15) is 0 Å². The van der Waals surface area contributed by atoms with Crippen LogP contribution in [0, 0.1) is 20.8 Å². The van der Waals surface area contributed by atoms with E-state index in [-0.39, 0.29) is 23.4 Å². The Labute approximate surface area is 249 Å². The Hall–Kier alpha value is -3.36. The number of amides is 2. The van der Waals surface area contributed by atoms with E-state index in [1.807, 2.05) is 71.9 Å². The van der Waals surface area contributed by atoms with Crippen molar-refractivity contribution in [3.63, 3.8) is 0 Å². The van der Waals surface area contributed by atoms with Crippen molar-refractivity contribution in [1.82, 2.24) is 10.2 Å². The molecular formula is C32H40ClN3O4S. The minimum Gasteiger partial charge on any atom is -0.352 e. The molecule has 0 heterocycles. The summed E-state index contributed by atoms with van der Waals surface area (Å²) < 4.78 is 29.1. The predicted octanol–water partition coefficient (Wildman–Crippen LogP) is 6.18. The number of benzene rings is 3. The molecule has 0 radical (unpaired) electrons. The maximum absolute atomic E-state index is 14.2. The zero-order chi connectivity index (χ0) is 30.3. The first-order valence-electron chi connectivity index (χ1n) is 13.9. The van der Waals surface area contributed by atoms with Gasteiger partial charge >= 0.3 is 0 Å². The van der Waals surface area contributed by atoms with Crippen LogP contribution in [0.25, 0.3) is 0 Å². The van der Waals surface area contributed by atoms with Crippen molar-refractivity contribution < 1.29 is 18.0 Å². The Balaban J connectivity index is 2.09. The number of carbonyl (C=O) groups excluding carboxylic acids is 2. The fourth-order valence-electron chi connectivity index (χ4n) is 4.51. The van der Waals surface area contributed by atoms with Crippen LogP contribution in [-0.4, -0.2) is 43.8 Å². The van der Waals surface area contributed by atoms with Gasteiger partial charge in [0.15, 0.2) is 0 Å². The van der Waals surface area contributed by atoms with Crippen LogP contribution < -0.4 is 9.62 Å². The van der Waals surface area contributed by atoms with Gasteiger partial charge in [-0.1, -0.05) is 61.3 Å². The van der Waals surface area contributed by atoms with Crippen LogP contribution >= 0.6 is 11.6 Å². The molecule has 2 amide bonds. The second kappa shape index (κ2) is 14.0. The summed E-state index contributed by atoms with van der Waals surface area (Å²) >= 11 is 6.03. The second-order valence-corrected chi connectivity index (χ2v) is 12.8. The molecule has 220 valence electrons. The molecule has 3 rings (SSSR count). The fraction of sp³-hybridized carbons (Fsp3) is 0.375. The van der Waals surface area contributed by atoms with Gasteiger partial charge in [0.25, 0.3) is 10.0 Å². The molecule has 0 bridgehead atoms. The van der Waals surface area contributed by atoms with Crippen LogP contribution in [0.15, 0.2) is 71.6 Å². The van der Waals surface area contributed by atoms with Gasteiger partial charge in [0.2, 0.25) is 11.8 Å². The SMILES string of the molecule is CC[C@H](C(=O)N[C@@H](C)CC)N(Cc1cccc(C)c1)C(=O)CN(c1ccc(C)c(C)c1)S(=O)(=O)c1ccc(Cl)cc1. The molecule has 0 saturated heterocycles. The molecule has 41 heavy (non-hydrogen) atoms. The summed E-state index contributed by atoms with van der Waals surface area (Å²) in [7, 11) is -4.16. The molecule has 0 aliphatic rings. The number of hydrogen-bond donors (Lipinski definition) is 1. The smallest absolute Gasteiger partial charge is 0.264 e. The number of aryl methyl sites for hydroxylation is 3. The van der Waals surface area contributed by atoms with Gasteiger partial charge < -0.3 is 10.2 Å². The highest BCUT2D eigenvalue weighted by Gasteiger charge is 2.34. The lowest BCUT2D eigenvalue weighted by molar-refractivity contribution is -0.140. The highest BCUT2D eigenvalue weighted by molar-refractivity contribution is 7.92. The number of carbonyl (C=O) groups is 2. The third kappa shape index (κ3) is 8.11. The van der Waals surface area contributed by atoms with Gasteiger partial charge in [-0.3, -0.25) is 13.9 Å². The maximum Gasteiger partial charge on any atom is 0.264 e. The topological polar surface area (TPSA) is 86.8 Å². The first-order valence-corrected chi connectivity index (χ1v) is 15.7. The molecule has 0 spiro atoms. The molecule has 0 aliphatic heterocycles. The zero-order valence-electron chi connectivity index (χ0n) is 24.6. The van der Waals surface area contributed by atoms with Gasteiger partial charge in [-0.05, 0) is 93.6 Å². The zero-order valence-corrected chi connectivity index (χ0v) is 26.2. The van der Waals surface area contributed by atoms with E-state index in [1.165, 1.54) is 29.2 Å². The van der Waals surface area contributed by atoms with E-state index in [0.29, 0.717) is 17.1 Å². The summed E-state index contributed by atoms with van der Waals surface area (Å²) in [6.07, 6.45) is 1.11. The quantitative estimate of drug-likeness (QED) is 0.270.